The fourth-order valence-electron chi connectivity index (χ4n) is 13.0. The Morgan fingerprint density at radius 1 is 0.597 bits per heavy atom. The summed E-state index contributed by atoms with van der Waals surface area (Å²) in [6.45, 7) is 25.6. The van der Waals surface area contributed by atoms with Gasteiger partial charge in [-0.05, 0) is 201 Å². The highest BCUT2D eigenvalue weighted by Gasteiger charge is 2.62. The standard InChI is InChI=1S/C16H27NO5S.C16H26O3.C14H26O2.C10H16O4/c1-4-14(2,3)13(18)21-15-6-11-5-12(7-15)9-16(8-11,10-15)22-23(17,19)20;1-4-14(2,3)13(17)19-16-8-11-5-12(9-16)7-15(18,6-11)10-16;1-5-13(3,4)12(15)16-14(6-2)10-8-7-9-11-14;1-4-10(2,3)9(12)14-7-5-6-13-8(7)11/h11-12H,4-10H2,1-3H3,(H2,17,19,20);11-12,18H,4-10H2,1-3H3;5-11H2,1-4H3;7H,4-6H2,1-3H3. The van der Waals surface area contributed by atoms with Gasteiger partial charge in [0, 0.05) is 19.3 Å². The minimum absolute atomic E-state index is 0.0150. The summed E-state index contributed by atoms with van der Waals surface area (Å²) in [5.41, 5.74) is -4.23. The second kappa shape index (κ2) is 22.4. The van der Waals surface area contributed by atoms with Crippen LogP contribution in [0.5, 0.6) is 0 Å². The van der Waals surface area contributed by atoms with Gasteiger partial charge in [-0.3, -0.25) is 23.4 Å². The Morgan fingerprint density at radius 3 is 1.36 bits per heavy atom. The third-order valence-electron chi connectivity index (χ3n) is 18.4. The van der Waals surface area contributed by atoms with Crippen LogP contribution in [-0.4, -0.2) is 84.1 Å². The van der Waals surface area contributed by atoms with E-state index in [1.54, 1.807) is 13.8 Å². The van der Waals surface area contributed by atoms with Crippen LogP contribution < -0.4 is 5.14 Å². The number of hydrogen-bond acceptors (Lipinski definition) is 14. The molecule has 0 spiro atoms. The lowest BCUT2D eigenvalue weighted by atomic mass is 9.52. The van der Waals surface area contributed by atoms with Gasteiger partial charge in [0.25, 0.3) is 0 Å². The van der Waals surface area contributed by atoms with Crippen molar-refractivity contribution in [3.05, 3.63) is 0 Å². The number of cyclic esters (lactones) is 1. The maximum atomic E-state index is 12.6. The second-order valence-electron chi connectivity index (χ2n) is 26.3. The summed E-state index contributed by atoms with van der Waals surface area (Å²) in [7, 11) is -4.02. The van der Waals surface area contributed by atoms with Crippen LogP contribution in [0.15, 0.2) is 0 Å². The number of nitrogens with two attached hydrogens (primary N) is 1. The maximum Gasteiger partial charge on any atom is 0.347 e. The van der Waals surface area contributed by atoms with E-state index in [0.717, 1.165) is 77.0 Å². The van der Waals surface area contributed by atoms with Gasteiger partial charge in [-0.2, -0.15) is 8.42 Å². The zero-order valence-corrected chi connectivity index (χ0v) is 47.4. The van der Waals surface area contributed by atoms with E-state index < -0.39 is 55.4 Å². The minimum Gasteiger partial charge on any atom is -0.463 e. The van der Waals surface area contributed by atoms with Crippen LogP contribution in [0.3, 0.4) is 0 Å². The van der Waals surface area contributed by atoms with E-state index >= 15 is 0 Å². The summed E-state index contributed by atoms with van der Waals surface area (Å²) in [6.07, 6.45) is 19.7. The molecule has 0 amide bonds. The smallest absolute Gasteiger partial charge is 0.347 e. The zero-order chi connectivity index (χ0) is 54.0. The Morgan fingerprint density at radius 2 is 0.986 bits per heavy atom. The average molecular weight is 1040 g/mol. The van der Waals surface area contributed by atoms with Gasteiger partial charge >= 0.3 is 40.2 Å². The summed E-state index contributed by atoms with van der Waals surface area (Å²) in [5, 5.41) is 15.8. The van der Waals surface area contributed by atoms with E-state index in [-0.39, 0.29) is 40.5 Å². The fourth-order valence-corrected chi connectivity index (χ4v) is 13.7. The zero-order valence-electron chi connectivity index (χ0n) is 46.6. The lowest BCUT2D eigenvalue weighted by Gasteiger charge is -2.60. The molecule has 0 radical (unpaired) electrons. The molecule has 16 heteroatoms. The first kappa shape index (κ1) is 60.0. The van der Waals surface area contributed by atoms with Gasteiger partial charge in [0.2, 0.25) is 6.10 Å². The Bertz CT molecular complexity index is 2020. The molecule has 414 valence electrons. The summed E-state index contributed by atoms with van der Waals surface area (Å²) in [4.78, 5) is 59.6. The molecule has 15 nitrogen and oxygen atoms in total. The van der Waals surface area contributed by atoms with Gasteiger partial charge in [0.1, 0.15) is 16.8 Å². The van der Waals surface area contributed by atoms with E-state index in [9.17, 15) is 37.5 Å². The van der Waals surface area contributed by atoms with Crippen LogP contribution in [0, 0.1) is 45.3 Å². The molecule has 0 aromatic heterocycles. The summed E-state index contributed by atoms with van der Waals surface area (Å²) in [6, 6.07) is 0. The molecule has 0 aromatic rings. The molecule has 8 bridgehead atoms. The van der Waals surface area contributed by atoms with Gasteiger partial charge < -0.3 is 28.8 Å². The van der Waals surface area contributed by atoms with Crippen molar-refractivity contribution in [1.29, 1.82) is 0 Å². The highest BCUT2D eigenvalue weighted by Crippen LogP contribution is 2.61. The number of hydrogen-bond donors (Lipinski definition) is 2. The molecule has 1 saturated heterocycles. The van der Waals surface area contributed by atoms with Gasteiger partial charge in [-0.15, -0.1) is 0 Å². The Balaban J connectivity index is 0.000000182. The third-order valence-corrected chi connectivity index (χ3v) is 19.0. The average Bonchev–Trinajstić information content (AvgIpc) is 3.68. The molecule has 72 heavy (non-hydrogen) atoms. The normalized spacial score (nSPS) is 33.2. The molecule has 0 aromatic carbocycles. The molecule has 5 unspecified atom stereocenters. The molecule has 1 aliphatic heterocycles. The number of carbonyl (C=O) groups is 5. The van der Waals surface area contributed by atoms with Crippen molar-refractivity contribution in [2.24, 2.45) is 50.5 Å². The van der Waals surface area contributed by atoms with Gasteiger partial charge in [0.05, 0.1) is 39.5 Å². The van der Waals surface area contributed by atoms with Crippen LogP contribution >= 0.6 is 0 Å². The van der Waals surface area contributed by atoms with Crippen LogP contribution in [0.25, 0.3) is 0 Å². The second-order valence-corrected chi connectivity index (χ2v) is 27.5. The number of rotatable bonds is 15. The topological polar surface area (TPSA) is 221 Å². The fraction of sp³-hybridized carbons (Fsp3) is 0.911. The quantitative estimate of drug-likeness (QED) is 0.115. The Hall–Kier alpha value is -2.82. The molecule has 10 rings (SSSR count). The molecule has 5 atom stereocenters. The first-order chi connectivity index (χ1) is 33.2. The monoisotopic (exact) mass is 1040 g/mol. The van der Waals surface area contributed by atoms with E-state index in [4.69, 9.17) is 33.0 Å². The molecule has 3 N–H and O–H groups in total. The number of esters is 5. The van der Waals surface area contributed by atoms with Crippen molar-refractivity contribution in [3.63, 3.8) is 0 Å². The highest BCUT2D eigenvalue weighted by molar-refractivity contribution is 7.84. The lowest BCUT2D eigenvalue weighted by Crippen LogP contribution is -2.62. The van der Waals surface area contributed by atoms with Crippen LogP contribution in [0.1, 0.15) is 238 Å². The highest BCUT2D eigenvalue weighted by atomic mass is 32.2. The molecule has 9 saturated carbocycles. The molecule has 1 heterocycles. The maximum absolute atomic E-state index is 12.6. The largest absolute Gasteiger partial charge is 0.463 e. The van der Waals surface area contributed by atoms with Crippen molar-refractivity contribution in [2.75, 3.05) is 6.61 Å². The van der Waals surface area contributed by atoms with Crippen LogP contribution in [-0.2, 0) is 62.1 Å². The van der Waals surface area contributed by atoms with E-state index in [1.165, 1.54) is 25.7 Å². The van der Waals surface area contributed by atoms with Crippen molar-refractivity contribution < 1.29 is 65.4 Å². The first-order valence-electron chi connectivity index (χ1n) is 27.7. The van der Waals surface area contributed by atoms with E-state index in [1.807, 2.05) is 69.2 Å². The van der Waals surface area contributed by atoms with Gasteiger partial charge in [-0.1, -0.05) is 41.0 Å². The first-order valence-corrected chi connectivity index (χ1v) is 29.2. The summed E-state index contributed by atoms with van der Waals surface area (Å²) in [5.74, 6) is 0.750. The van der Waals surface area contributed by atoms with Gasteiger partial charge in [0.15, 0.2) is 0 Å². The van der Waals surface area contributed by atoms with Crippen molar-refractivity contribution in [3.8, 4) is 0 Å². The predicted octanol–water partition coefficient (Wildman–Crippen LogP) is 10.7. The molecule has 10 aliphatic rings. The summed E-state index contributed by atoms with van der Waals surface area (Å²) < 4.78 is 55.9. The van der Waals surface area contributed by atoms with Crippen LogP contribution in [0.2, 0.25) is 0 Å². The number of ether oxygens (including phenoxy) is 5. The third kappa shape index (κ3) is 14.8. The van der Waals surface area contributed by atoms with Crippen molar-refractivity contribution in [1.82, 2.24) is 0 Å². The van der Waals surface area contributed by atoms with E-state index in [0.29, 0.717) is 75.2 Å². The molecule has 9 aliphatic carbocycles. The van der Waals surface area contributed by atoms with Crippen molar-refractivity contribution >= 4 is 40.2 Å². The van der Waals surface area contributed by atoms with Crippen molar-refractivity contribution in [2.45, 2.75) is 272 Å². The van der Waals surface area contributed by atoms with Gasteiger partial charge in [-0.25, -0.2) is 9.93 Å². The Kier molecular flexibility index (Phi) is 18.7. The van der Waals surface area contributed by atoms with Crippen LogP contribution in [0.4, 0.5) is 0 Å². The lowest BCUT2D eigenvalue weighted by molar-refractivity contribution is -0.225. The van der Waals surface area contributed by atoms with E-state index in [2.05, 4.69) is 6.92 Å². The minimum atomic E-state index is -4.02. The Labute approximate surface area is 432 Å². The molecule has 10 fully saturated rings. The molecular formula is C56H95NO14S. The SMILES string of the molecule is CCC(C)(C)C(=O)OC12CC3CC(C1)CC(OS(N)(=O)=O)(C3)C2.CCC(C)(C)C(=O)OC12CC3CC(CC(O)(C3)C1)C2.CCC(C)(C)C(=O)OC1CCOC1=O.CCC1(OC(=O)C(C)(C)CC)CCCCC1. The molecular weight excluding hydrogens is 943 g/mol. The number of aliphatic hydroxyl groups is 1. The predicted molar refractivity (Wildman–Crippen MR) is 273 cm³/mol. The number of carbonyl (C=O) groups excluding carboxylic acids is 5. The summed E-state index contributed by atoms with van der Waals surface area (Å²) >= 11 is 0.